The van der Waals surface area contributed by atoms with E-state index in [0.29, 0.717) is 0 Å². The molecule has 0 atom stereocenters. The molecule has 0 bridgehead atoms. The van der Waals surface area contributed by atoms with Crippen molar-refractivity contribution in [3.05, 3.63) is 79.4 Å². The molecule has 1 heteroatoms. The second-order valence-electron chi connectivity index (χ2n) is 4.62. The molecular formula is C19H16N+. The summed E-state index contributed by atoms with van der Waals surface area (Å²) in [7, 11) is 0. The molecule has 0 N–H and O–H groups in total. The summed E-state index contributed by atoms with van der Waals surface area (Å²) >= 11 is 0. The lowest BCUT2D eigenvalue weighted by molar-refractivity contribution is -0.526. The summed E-state index contributed by atoms with van der Waals surface area (Å²) in [5.74, 6) is 0. The Labute approximate surface area is 119 Å². The van der Waals surface area contributed by atoms with Gasteiger partial charge in [0.25, 0.3) is 0 Å². The van der Waals surface area contributed by atoms with E-state index in [1.807, 2.05) is 36.5 Å². The molecule has 0 aliphatic heterocycles. The molecule has 0 saturated heterocycles. The van der Waals surface area contributed by atoms with Gasteiger partial charge >= 0.3 is 0 Å². The quantitative estimate of drug-likeness (QED) is 0.607. The van der Waals surface area contributed by atoms with E-state index in [9.17, 15) is 0 Å². The van der Waals surface area contributed by atoms with Crippen LogP contribution in [0.15, 0.2) is 73.8 Å². The van der Waals surface area contributed by atoms with E-state index in [1.54, 1.807) is 0 Å². The standard InChI is InChI=1S/C19H16N/c1-3-15-9-5-7-11-17(15)19-14-13-16-10-6-8-12-18(16)20(19)4-2/h3-14H,1-2H2/q+1. The third kappa shape index (κ3) is 1.94. The van der Waals surface area contributed by atoms with Crippen LogP contribution in [0.4, 0.5) is 0 Å². The van der Waals surface area contributed by atoms with Gasteiger partial charge in [-0.2, -0.15) is 4.57 Å². The van der Waals surface area contributed by atoms with E-state index in [-0.39, 0.29) is 0 Å². The van der Waals surface area contributed by atoms with Crippen molar-refractivity contribution in [2.24, 2.45) is 0 Å². The highest BCUT2D eigenvalue weighted by Gasteiger charge is 2.16. The molecule has 0 saturated carbocycles. The third-order valence-corrected chi connectivity index (χ3v) is 3.52. The van der Waals surface area contributed by atoms with Crippen molar-refractivity contribution in [2.75, 3.05) is 0 Å². The molecule has 0 spiro atoms. The van der Waals surface area contributed by atoms with Crippen LogP contribution in [-0.2, 0) is 0 Å². The summed E-state index contributed by atoms with van der Waals surface area (Å²) in [4.78, 5) is 0. The molecule has 1 nitrogen and oxygen atoms in total. The Balaban J connectivity index is 2.37. The Morgan fingerprint density at radius 2 is 1.55 bits per heavy atom. The Morgan fingerprint density at radius 3 is 2.35 bits per heavy atom. The van der Waals surface area contributed by atoms with Gasteiger partial charge in [-0.15, -0.1) is 0 Å². The van der Waals surface area contributed by atoms with Crippen molar-refractivity contribution in [2.45, 2.75) is 0 Å². The number of benzene rings is 2. The minimum atomic E-state index is 1.12. The van der Waals surface area contributed by atoms with Crippen LogP contribution >= 0.6 is 0 Å². The van der Waals surface area contributed by atoms with E-state index in [2.05, 4.69) is 54.1 Å². The van der Waals surface area contributed by atoms with E-state index in [4.69, 9.17) is 0 Å². The molecule has 0 amide bonds. The number of aromatic nitrogens is 1. The highest BCUT2D eigenvalue weighted by Crippen LogP contribution is 2.24. The van der Waals surface area contributed by atoms with Crippen LogP contribution in [0, 0.1) is 0 Å². The van der Waals surface area contributed by atoms with E-state index in [0.717, 1.165) is 22.3 Å². The van der Waals surface area contributed by atoms with Crippen molar-refractivity contribution in [3.8, 4) is 11.3 Å². The zero-order valence-corrected chi connectivity index (χ0v) is 11.3. The molecule has 3 aromatic rings. The van der Waals surface area contributed by atoms with Gasteiger partial charge in [-0.05, 0) is 30.3 Å². The van der Waals surface area contributed by atoms with Gasteiger partial charge in [0.1, 0.15) is 0 Å². The van der Waals surface area contributed by atoms with Crippen LogP contribution in [0.25, 0.3) is 34.4 Å². The summed E-state index contributed by atoms with van der Waals surface area (Å²) in [5, 5.41) is 1.20. The van der Waals surface area contributed by atoms with Crippen LogP contribution in [-0.4, -0.2) is 0 Å². The molecule has 0 aliphatic carbocycles. The Kier molecular flexibility index (Phi) is 3.18. The van der Waals surface area contributed by atoms with Crippen LogP contribution in [0.1, 0.15) is 5.56 Å². The van der Waals surface area contributed by atoms with Crippen molar-refractivity contribution in [1.29, 1.82) is 0 Å². The number of hydrogen-bond donors (Lipinski definition) is 0. The minimum Gasteiger partial charge on any atom is -0.160 e. The minimum absolute atomic E-state index is 1.12. The summed E-state index contributed by atoms with van der Waals surface area (Å²) in [5.41, 5.74) is 4.56. The Hall–Kier alpha value is -2.67. The molecular weight excluding hydrogens is 242 g/mol. The topological polar surface area (TPSA) is 3.88 Å². The van der Waals surface area contributed by atoms with Gasteiger partial charge < -0.3 is 0 Å². The summed E-state index contributed by atoms with van der Waals surface area (Å²) in [6, 6.07) is 20.8. The van der Waals surface area contributed by atoms with E-state index >= 15 is 0 Å². The van der Waals surface area contributed by atoms with Gasteiger partial charge in [-0.25, -0.2) is 0 Å². The normalized spacial score (nSPS) is 10.4. The third-order valence-electron chi connectivity index (χ3n) is 3.52. The second-order valence-corrected chi connectivity index (χ2v) is 4.62. The van der Waals surface area contributed by atoms with Crippen LogP contribution in [0.5, 0.6) is 0 Å². The van der Waals surface area contributed by atoms with E-state index < -0.39 is 0 Å². The van der Waals surface area contributed by atoms with Gasteiger partial charge in [-0.1, -0.05) is 43.0 Å². The molecule has 0 radical (unpaired) electrons. The first-order valence-electron chi connectivity index (χ1n) is 6.63. The van der Waals surface area contributed by atoms with Gasteiger partial charge in [0.15, 0.2) is 6.20 Å². The van der Waals surface area contributed by atoms with Crippen LogP contribution < -0.4 is 4.57 Å². The maximum atomic E-state index is 3.96. The maximum Gasteiger partial charge on any atom is 0.219 e. The largest absolute Gasteiger partial charge is 0.219 e. The number of hydrogen-bond acceptors (Lipinski definition) is 0. The number of para-hydroxylation sites is 1. The zero-order chi connectivity index (χ0) is 13.9. The van der Waals surface area contributed by atoms with Crippen molar-refractivity contribution in [3.63, 3.8) is 0 Å². The number of rotatable bonds is 3. The van der Waals surface area contributed by atoms with Gasteiger partial charge in [0, 0.05) is 17.5 Å². The molecule has 3 rings (SSSR count). The first kappa shape index (κ1) is 12.4. The lowest BCUT2D eigenvalue weighted by Gasteiger charge is -2.06. The predicted molar refractivity (Wildman–Crippen MR) is 86.1 cm³/mol. The number of fused-ring (bicyclic) bond motifs is 1. The molecule has 96 valence electrons. The maximum absolute atomic E-state index is 3.96. The van der Waals surface area contributed by atoms with Gasteiger partial charge in [0.2, 0.25) is 11.2 Å². The first-order chi connectivity index (χ1) is 9.85. The average molecular weight is 258 g/mol. The SMILES string of the molecule is C=Cc1ccccc1-c1ccc2ccccc2[n+]1C=C. The molecule has 0 unspecified atom stereocenters. The van der Waals surface area contributed by atoms with E-state index in [1.165, 1.54) is 5.39 Å². The van der Waals surface area contributed by atoms with Crippen LogP contribution in [0.3, 0.4) is 0 Å². The average Bonchev–Trinajstić information content (AvgIpc) is 2.53. The summed E-state index contributed by atoms with van der Waals surface area (Å²) in [6.45, 7) is 7.86. The second kappa shape index (κ2) is 5.14. The highest BCUT2D eigenvalue weighted by atomic mass is 14.9. The van der Waals surface area contributed by atoms with Crippen molar-refractivity contribution >= 4 is 23.2 Å². The molecule has 1 heterocycles. The molecule has 20 heavy (non-hydrogen) atoms. The molecule has 0 aliphatic rings. The predicted octanol–water partition coefficient (Wildman–Crippen LogP) is 4.54. The van der Waals surface area contributed by atoms with Gasteiger partial charge in [-0.3, -0.25) is 0 Å². The lowest BCUT2D eigenvalue weighted by Crippen LogP contribution is -2.29. The van der Waals surface area contributed by atoms with Gasteiger partial charge in [0.05, 0.1) is 5.56 Å². The number of nitrogens with zero attached hydrogens (tertiary/aromatic N) is 1. The molecule has 2 aromatic carbocycles. The fourth-order valence-corrected chi connectivity index (χ4v) is 2.55. The molecule has 1 aromatic heterocycles. The fourth-order valence-electron chi connectivity index (χ4n) is 2.55. The Morgan fingerprint density at radius 1 is 0.800 bits per heavy atom. The van der Waals surface area contributed by atoms with Crippen molar-refractivity contribution in [1.82, 2.24) is 0 Å². The smallest absolute Gasteiger partial charge is 0.160 e. The fraction of sp³-hybridized carbons (Fsp3) is 0. The summed E-state index contributed by atoms with van der Waals surface area (Å²) < 4.78 is 2.12. The van der Waals surface area contributed by atoms with Crippen molar-refractivity contribution < 1.29 is 4.57 Å². The number of pyridine rings is 1. The van der Waals surface area contributed by atoms with Crippen LogP contribution in [0.2, 0.25) is 0 Å². The highest BCUT2D eigenvalue weighted by molar-refractivity contribution is 5.79. The summed E-state index contributed by atoms with van der Waals surface area (Å²) in [6.07, 6.45) is 3.75. The first-order valence-corrected chi connectivity index (χ1v) is 6.63. The zero-order valence-electron chi connectivity index (χ0n) is 11.3. The lowest BCUT2D eigenvalue weighted by atomic mass is 10.0. The Bertz CT molecular complexity index is 800. The monoisotopic (exact) mass is 258 g/mol. The molecule has 0 fully saturated rings.